The van der Waals surface area contributed by atoms with E-state index >= 15 is 0 Å². The van der Waals surface area contributed by atoms with Crippen molar-refractivity contribution in [1.82, 2.24) is 10.3 Å². The number of hydrogen-bond acceptors (Lipinski definition) is 5. The Bertz CT molecular complexity index is 611. The summed E-state index contributed by atoms with van der Waals surface area (Å²) in [5, 5.41) is 7.18. The Labute approximate surface area is 126 Å². The van der Waals surface area contributed by atoms with Crippen molar-refractivity contribution in [2.24, 2.45) is 0 Å². The molecule has 2 amide bonds. The highest BCUT2D eigenvalue weighted by molar-refractivity contribution is 7.13. The van der Waals surface area contributed by atoms with Crippen molar-refractivity contribution >= 4 is 28.3 Å². The van der Waals surface area contributed by atoms with Gasteiger partial charge in [-0.25, -0.2) is 4.98 Å². The maximum Gasteiger partial charge on any atom is 0.315 e. The number of carbonyl (C=O) groups excluding carboxylic acids is 2. The van der Waals surface area contributed by atoms with Crippen LogP contribution in [0, 0.1) is 0 Å². The third-order valence-corrected chi connectivity index (χ3v) is 3.51. The van der Waals surface area contributed by atoms with Gasteiger partial charge in [-0.1, -0.05) is 12.1 Å². The van der Waals surface area contributed by atoms with Crippen LogP contribution in [0.15, 0.2) is 35.8 Å². The Kier molecular flexibility index (Phi) is 4.89. The van der Waals surface area contributed by atoms with E-state index in [0.29, 0.717) is 5.13 Å². The normalized spacial score (nSPS) is 11.5. The molecule has 0 aliphatic heterocycles. The van der Waals surface area contributed by atoms with Crippen molar-refractivity contribution in [2.75, 3.05) is 12.4 Å². The van der Waals surface area contributed by atoms with E-state index in [0.717, 1.165) is 11.3 Å². The van der Waals surface area contributed by atoms with Crippen molar-refractivity contribution in [3.8, 4) is 5.75 Å². The molecule has 7 heteroatoms. The molecule has 0 bridgehead atoms. The zero-order valence-electron chi connectivity index (χ0n) is 11.6. The van der Waals surface area contributed by atoms with Crippen LogP contribution in [0.1, 0.15) is 18.5 Å². The number of anilines is 1. The van der Waals surface area contributed by atoms with E-state index in [9.17, 15) is 9.59 Å². The molecule has 0 spiro atoms. The first-order chi connectivity index (χ1) is 10.1. The SMILES string of the molecule is COc1ccc(C(C)NC(=O)C(=O)Nc2nccs2)cc1. The minimum atomic E-state index is -0.731. The lowest BCUT2D eigenvalue weighted by Crippen LogP contribution is -2.36. The molecule has 2 N–H and O–H groups in total. The molecule has 2 aromatic rings. The summed E-state index contributed by atoms with van der Waals surface area (Å²) in [7, 11) is 1.59. The van der Waals surface area contributed by atoms with E-state index < -0.39 is 11.8 Å². The van der Waals surface area contributed by atoms with Crippen LogP contribution >= 0.6 is 11.3 Å². The van der Waals surface area contributed by atoms with Gasteiger partial charge in [0.1, 0.15) is 5.75 Å². The molecule has 0 radical (unpaired) electrons. The molecule has 1 aromatic heterocycles. The average Bonchev–Trinajstić information content (AvgIpc) is 3.00. The van der Waals surface area contributed by atoms with Gasteiger partial charge < -0.3 is 10.1 Å². The number of thiazole rings is 1. The standard InChI is InChI=1S/C14H15N3O3S/c1-9(10-3-5-11(20-2)6-4-10)16-12(18)13(19)17-14-15-7-8-21-14/h3-9H,1-2H3,(H,16,18)(H,15,17,19). The quantitative estimate of drug-likeness (QED) is 0.846. The second-order valence-corrected chi connectivity index (χ2v) is 5.15. The fourth-order valence-electron chi connectivity index (χ4n) is 1.68. The van der Waals surface area contributed by atoms with Gasteiger partial charge in [0.05, 0.1) is 13.2 Å². The Morgan fingerprint density at radius 3 is 2.52 bits per heavy atom. The van der Waals surface area contributed by atoms with Crippen LogP contribution in [0.25, 0.3) is 0 Å². The Balaban J connectivity index is 1.93. The van der Waals surface area contributed by atoms with Crippen LogP contribution in [0.4, 0.5) is 5.13 Å². The number of benzene rings is 1. The first-order valence-electron chi connectivity index (χ1n) is 6.25. The largest absolute Gasteiger partial charge is 0.497 e. The lowest BCUT2D eigenvalue weighted by atomic mass is 10.1. The summed E-state index contributed by atoms with van der Waals surface area (Å²) in [5.41, 5.74) is 0.881. The third-order valence-electron chi connectivity index (χ3n) is 2.82. The zero-order valence-corrected chi connectivity index (χ0v) is 12.4. The van der Waals surface area contributed by atoms with E-state index in [1.807, 2.05) is 12.1 Å². The van der Waals surface area contributed by atoms with E-state index in [1.165, 1.54) is 11.3 Å². The monoisotopic (exact) mass is 305 g/mol. The molecule has 6 nitrogen and oxygen atoms in total. The van der Waals surface area contributed by atoms with Gasteiger partial charge in [-0.15, -0.1) is 11.3 Å². The molecule has 110 valence electrons. The van der Waals surface area contributed by atoms with Crippen LogP contribution in [-0.4, -0.2) is 23.9 Å². The molecule has 2 rings (SSSR count). The smallest absolute Gasteiger partial charge is 0.315 e. The number of aromatic nitrogens is 1. The molecule has 1 heterocycles. The average molecular weight is 305 g/mol. The van der Waals surface area contributed by atoms with Gasteiger partial charge >= 0.3 is 11.8 Å². The molecule has 21 heavy (non-hydrogen) atoms. The summed E-state index contributed by atoms with van der Waals surface area (Å²) >= 11 is 1.25. The van der Waals surface area contributed by atoms with Crippen LogP contribution < -0.4 is 15.4 Å². The molecule has 0 fully saturated rings. The van der Waals surface area contributed by atoms with Gasteiger partial charge in [-0.3, -0.25) is 14.9 Å². The first-order valence-corrected chi connectivity index (χ1v) is 7.13. The van der Waals surface area contributed by atoms with Crippen molar-refractivity contribution in [3.05, 3.63) is 41.4 Å². The van der Waals surface area contributed by atoms with Crippen molar-refractivity contribution < 1.29 is 14.3 Å². The highest BCUT2D eigenvalue weighted by Crippen LogP contribution is 2.17. The van der Waals surface area contributed by atoms with E-state index in [1.54, 1.807) is 37.7 Å². The van der Waals surface area contributed by atoms with Gasteiger partial charge in [0.2, 0.25) is 0 Å². The summed E-state index contributed by atoms with van der Waals surface area (Å²) in [5.74, 6) is -0.697. The fraction of sp³-hybridized carbons (Fsp3) is 0.214. The van der Waals surface area contributed by atoms with E-state index in [2.05, 4.69) is 15.6 Å². The first kappa shape index (κ1) is 15.0. The molecular weight excluding hydrogens is 290 g/mol. The van der Waals surface area contributed by atoms with Crippen LogP contribution in [0.3, 0.4) is 0 Å². The second kappa shape index (κ2) is 6.85. The van der Waals surface area contributed by atoms with Gasteiger partial charge in [0.25, 0.3) is 0 Å². The molecule has 1 unspecified atom stereocenters. The Morgan fingerprint density at radius 2 is 1.95 bits per heavy atom. The van der Waals surface area contributed by atoms with Crippen LogP contribution in [0.2, 0.25) is 0 Å². The molecule has 1 aromatic carbocycles. The highest BCUT2D eigenvalue weighted by atomic mass is 32.1. The summed E-state index contributed by atoms with van der Waals surface area (Å²) in [4.78, 5) is 27.4. The number of ether oxygens (including phenoxy) is 1. The molecule has 0 aliphatic carbocycles. The third kappa shape index (κ3) is 4.03. The summed E-state index contributed by atoms with van der Waals surface area (Å²) < 4.78 is 5.07. The molecular formula is C14H15N3O3S. The van der Waals surface area contributed by atoms with Gasteiger partial charge in [0.15, 0.2) is 5.13 Å². The van der Waals surface area contributed by atoms with E-state index in [4.69, 9.17) is 4.74 Å². The number of carbonyl (C=O) groups is 2. The molecule has 0 saturated carbocycles. The van der Waals surface area contributed by atoms with Crippen molar-refractivity contribution in [2.45, 2.75) is 13.0 Å². The molecule has 1 atom stereocenters. The predicted molar refractivity (Wildman–Crippen MR) is 80.3 cm³/mol. The van der Waals surface area contributed by atoms with Crippen molar-refractivity contribution in [1.29, 1.82) is 0 Å². The Hall–Kier alpha value is -2.41. The summed E-state index contributed by atoms with van der Waals surface area (Å²) in [6.45, 7) is 1.80. The maximum atomic E-state index is 11.8. The number of nitrogens with one attached hydrogen (secondary N) is 2. The Morgan fingerprint density at radius 1 is 1.24 bits per heavy atom. The predicted octanol–water partition coefficient (Wildman–Crippen LogP) is 1.97. The lowest BCUT2D eigenvalue weighted by molar-refractivity contribution is -0.136. The number of hydrogen-bond donors (Lipinski definition) is 2. The second-order valence-electron chi connectivity index (χ2n) is 4.26. The minimum absolute atomic E-state index is 0.287. The number of rotatable bonds is 4. The minimum Gasteiger partial charge on any atom is -0.497 e. The molecule has 0 saturated heterocycles. The van der Waals surface area contributed by atoms with Gasteiger partial charge in [0, 0.05) is 11.6 Å². The topological polar surface area (TPSA) is 80.3 Å². The van der Waals surface area contributed by atoms with Gasteiger partial charge in [-0.2, -0.15) is 0 Å². The van der Waals surface area contributed by atoms with Crippen LogP contribution in [0.5, 0.6) is 5.75 Å². The number of nitrogens with zero attached hydrogens (tertiary/aromatic N) is 1. The fourth-order valence-corrected chi connectivity index (χ4v) is 2.20. The number of methoxy groups -OCH3 is 1. The van der Waals surface area contributed by atoms with Crippen molar-refractivity contribution in [3.63, 3.8) is 0 Å². The van der Waals surface area contributed by atoms with Gasteiger partial charge in [-0.05, 0) is 24.6 Å². The maximum absolute atomic E-state index is 11.8. The summed E-state index contributed by atoms with van der Waals surface area (Å²) in [6, 6.07) is 6.98. The lowest BCUT2D eigenvalue weighted by Gasteiger charge is -2.14. The summed E-state index contributed by atoms with van der Waals surface area (Å²) in [6.07, 6.45) is 1.55. The van der Waals surface area contributed by atoms with E-state index in [-0.39, 0.29) is 6.04 Å². The van der Waals surface area contributed by atoms with Crippen LogP contribution in [-0.2, 0) is 9.59 Å². The number of amides is 2. The highest BCUT2D eigenvalue weighted by Gasteiger charge is 2.17. The molecule has 0 aliphatic rings. The zero-order chi connectivity index (χ0) is 15.2.